The van der Waals surface area contributed by atoms with Crippen LogP contribution in [0.4, 0.5) is 0 Å². The molecule has 2 atom stereocenters. The summed E-state index contributed by atoms with van der Waals surface area (Å²) in [5.74, 6) is 0.0289. The Labute approximate surface area is 150 Å². The molecule has 3 N–H and O–H groups in total. The van der Waals surface area contributed by atoms with E-state index in [1.54, 1.807) is 0 Å². The van der Waals surface area contributed by atoms with Crippen LogP contribution in [0.3, 0.4) is 0 Å². The Morgan fingerprint density at radius 3 is 2.26 bits per heavy atom. The largest absolute Gasteiger partial charge is 0.345 e. The number of nitrogens with two attached hydrogens (primary N) is 1. The summed E-state index contributed by atoms with van der Waals surface area (Å²) in [6, 6.07) is 15.9. The molecule has 0 bridgehead atoms. The lowest BCUT2D eigenvalue weighted by Gasteiger charge is -2.15. The minimum Gasteiger partial charge on any atom is -0.345 e. The second-order valence-corrected chi connectivity index (χ2v) is 6.97. The molecule has 0 fully saturated rings. The molecule has 5 heteroatoms. The molecule has 0 aliphatic rings. The molecule has 0 saturated carbocycles. The Kier molecular flexibility index (Phi) is 6.63. The molecule has 2 aromatic rings. The van der Waals surface area contributed by atoms with Crippen LogP contribution in [0.1, 0.15) is 37.1 Å². The van der Waals surface area contributed by atoms with E-state index in [-0.39, 0.29) is 18.0 Å². The van der Waals surface area contributed by atoms with Crippen molar-refractivity contribution in [2.45, 2.75) is 25.9 Å². The van der Waals surface area contributed by atoms with Crippen LogP contribution in [0.2, 0.25) is 5.02 Å². The number of hydrogen-bond donors (Lipinski definition) is 2. The predicted molar refractivity (Wildman–Crippen MR) is 97.4 cm³/mol. The van der Waals surface area contributed by atoms with Crippen molar-refractivity contribution in [2.75, 3.05) is 6.54 Å². The highest BCUT2D eigenvalue weighted by Crippen LogP contribution is 2.16. The topological polar surface area (TPSA) is 45.7 Å². The first kappa shape index (κ1) is 18.0. The van der Waals surface area contributed by atoms with Crippen molar-refractivity contribution in [3.05, 3.63) is 69.2 Å². The van der Waals surface area contributed by atoms with E-state index in [4.69, 9.17) is 11.6 Å². The van der Waals surface area contributed by atoms with Gasteiger partial charge in [0.05, 0.1) is 6.04 Å². The molecule has 122 valence electrons. The van der Waals surface area contributed by atoms with Crippen LogP contribution in [-0.2, 0) is 4.79 Å². The Balaban J connectivity index is 1.82. The predicted octanol–water partition coefficient (Wildman–Crippen LogP) is 3.60. The highest BCUT2D eigenvalue weighted by atomic mass is 79.9. The fourth-order valence-electron chi connectivity index (χ4n) is 2.32. The second-order valence-electron chi connectivity index (χ2n) is 5.62. The molecule has 0 aromatic heterocycles. The number of benzene rings is 2. The summed E-state index contributed by atoms with van der Waals surface area (Å²) in [6.07, 6.45) is 0. The van der Waals surface area contributed by atoms with E-state index < -0.39 is 0 Å². The van der Waals surface area contributed by atoms with Crippen molar-refractivity contribution in [3.8, 4) is 0 Å². The Bertz CT molecular complexity index is 643. The quantitative estimate of drug-likeness (QED) is 0.770. The summed E-state index contributed by atoms with van der Waals surface area (Å²) >= 11 is 9.30. The molecular weight excluding hydrogens is 376 g/mol. The van der Waals surface area contributed by atoms with Crippen molar-refractivity contribution >= 4 is 33.4 Å². The average molecular weight is 397 g/mol. The minimum atomic E-state index is -0.00478. The van der Waals surface area contributed by atoms with Gasteiger partial charge in [0.1, 0.15) is 6.04 Å². The van der Waals surface area contributed by atoms with Gasteiger partial charge in [-0.05, 0) is 43.7 Å². The molecule has 3 nitrogen and oxygen atoms in total. The van der Waals surface area contributed by atoms with E-state index in [2.05, 4.69) is 28.2 Å². The third-order valence-electron chi connectivity index (χ3n) is 3.80. The van der Waals surface area contributed by atoms with E-state index in [1.807, 2.05) is 60.8 Å². The average Bonchev–Trinajstić information content (AvgIpc) is 2.54. The number of nitrogens with one attached hydrogen (secondary N) is 1. The molecular formula is C18H21BrClN2O+. The maximum absolute atomic E-state index is 12.1. The number of amides is 1. The molecule has 0 aliphatic heterocycles. The molecule has 0 radical (unpaired) electrons. The van der Waals surface area contributed by atoms with E-state index in [0.29, 0.717) is 6.54 Å². The van der Waals surface area contributed by atoms with Gasteiger partial charge in [0.25, 0.3) is 5.91 Å². The summed E-state index contributed by atoms with van der Waals surface area (Å²) < 4.78 is 1.03. The zero-order valence-corrected chi connectivity index (χ0v) is 15.6. The van der Waals surface area contributed by atoms with E-state index >= 15 is 0 Å². The van der Waals surface area contributed by atoms with Gasteiger partial charge < -0.3 is 10.6 Å². The third-order valence-corrected chi connectivity index (χ3v) is 4.58. The van der Waals surface area contributed by atoms with Gasteiger partial charge in [-0.25, -0.2) is 0 Å². The molecule has 0 saturated heterocycles. The Morgan fingerprint density at radius 2 is 1.65 bits per heavy atom. The van der Waals surface area contributed by atoms with Crippen LogP contribution in [0, 0.1) is 0 Å². The van der Waals surface area contributed by atoms with Crippen LogP contribution >= 0.6 is 27.5 Å². The fourth-order valence-corrected chi connectivity index (χ4v) is 2.71. The third kappa shape index (κ3) is 5.65. The van der Waals surface area contributed by atoms with E-state index in [9.17, 15) is 4.79 Å². The van der Waals surface area contributed by atoms with Crippen molar-refractivity contribution in [1.82, 2.24) is 5.32 Å². The van der Waals surface area contributed by atoms with Gasteiger partial charge in [-0.2, -0.15) is 0 Å². The van der Waals surface area contributed by atoms with Gasteiger partial charge in [0, 0.05) is 15.1 Å². The van der Waals surface area contributed by atoms with Crippen LogP contribution in [-0.4, -0.2) is 12.5 Å². The summed E-state index contributed by atoms with van der Waals surface area (Å²) in [6.45, 7) is 4.46. The Morgan fingerprint density at radius 1 is 1.09 bits per heavy atom. The standard InChI is InChI=1S/C18H20BrClN2O/c1-12(14-5-9-17(20)10-6-14)21-11-18(23)22-13(2)15-3-7-16(19)8-4-15/h3-10,12-13,21H,11H2,1-2H3,(H,22,23)/p+1/t12-,13-/m1/s1. The fraction of sp³-hybridized carbons (Fsp3) is 0.278. The summed E-state index contributed by atoms with van der Waals surface area (Å²) in [7, 11) is 0. The number of carbonyl (C=O) groups excluding carboxylic acids is 1. The smallest absolute Gasteiger partial charge is 0.275 e. The van der Waals surface area contributed by atoms with E-state index in [1.165, 1.54) is 0 Å². The van der Waals surface area contributed by atoms with Gasteiger partial charge >= 0.3 is 0 Å². The molecule has 2 rings (SSSR count). The van der Waals surface area contributed by atoms with Crippen molar-refractivity contribution in [3.63, 3.8) is 0 Å². The summed E-state index contributed by atoms with van der Waals surface area (Å²) in [5, 5.41) is 5.77. The maximum atomic E-state index is 12.1. The van der Waals surface area contributed by atoms with Gasteiger partial charge in [0.2, 0.25) is 0 Å². The number of quaternary nitrogens is 1. The highest BCUT2D eigenvalue weighted by Gasteiger charge is 2.14. The van der Waals surface area contributed by atoms with Crippen molar-refractivity contribution in [2.24, 2.45) is 0 Å². The molecule has 0 spiro atoms. The second kappa shape index (κ2) is 8.48. The number of hydrogen-bond acceptors (Lipinski definition) is 1. The summed E-state index contributed by atoms with van der Waals surface area (Å²) in [4.78, 5) is 12.1. The molecule has 23 heavy (non-hydrogen) atoms. The molecule has 0 unspecified atom stereocenters. The highest BCUT2D eigenvalue weighted by molar-refractivity contribution is 9.10. The van der Waals surface area contributed by atoms with Crippen LogP contribution in [0.25, 0.3) is 0 Å². The lowest BCUT2D eigenvalue weighted by molar-refractivity contribution is -0.682. The first-order valence-corrected chi connectivity index (χ1v) is 8.76. The minimum absolute atomic E-state index is 0.00478. The van der Waals surface area contributed by atoms with Crippen LogP contribution in [0.5, 0.6) is 0 Å². The molecule has 0 heterocycles. The Hall–Kier alpha value is -1.36. The van der Waals surface area contributed by atoms with Crippen molar-refractivity contribution < 1.29 is 10.1 Å². The molecule has 2 aromatic carbocycles. The number of carbonyl (C=O) groups is 1. The first-order valence-electron chi connectivity index (χ1n) is 7.59. The lowest BCUT2D eigenvalue weighted by Crippen LogP contribution is -2.87. The van der Waals surface area contributed by atoms with Gasteiger partial charge in [0.15, 0.2) is 6.54 Å². The number of rotatable bonds is 6. The van der Waals surface area contributed by atoms with Crippen LogP contribution in [0.15, 0.2) is 53.0 Å². The molecule has 1 amide bonds. The van der Waals surface area contributed by atoms with Crippen LogP contribution < -0.4 is 10.6 Å². The van der Waals surface area contributed by atoms with Crippen molar-refractivity contribution in [1.29, 1.82) is 0 Å². The van der Waals surface area contributed by atoms with Gasteiger partial charge in [-0.1, -0.05) is 51.8 Å². The lowest BCUT2D eigenvalue weighted by atomic mass is 10.1. The van der Waals surface area contributed by atoms with E-state index in [0.717, 1.165) is 20.6 Å². The SMILES string of the molecule is C[C@@H](NC(=O)C[NH2+][C@H](C)c1ccc(Cl)cc1)c1ccc(Br)cc1. The summed E-state index contributed by atoms with van der Waals surface area (Å²) in [5.41, 5.74) is 2.25. The maximum Gasteiger partial charge on any atom is 0.275 e. The van der Waals surface area contributed by atoms with Gasteiger partial charge in [-0.3, -0.25) is 4.79 Å². The first-order chi connectivity index (χ1) is 11.0. The number of halogens is 2. The van der Waals surface area contributed by atoms with Gasteiger partial charge in [-0.15, -0.1) is 0 Å². The molecule has 0 aliphatic carbocycles. The monoisotopic (exact) mass is 395 g/mol. The zero-order valence-electron chi connectivity index (χ0n) is 13.2. The zero-order chi connectivity index (χ0) is 16.8. The normalized spacial score (nSPS) is 13.4.